The summed E-state index contributed by atoms with van der Waals surface area (Å²) in [6.07, 6.45) is -5.10. The minimum atomic E-state index is -1.54. The molecule has 1 saturated heterocycles. The Kier molecular flexibility index (Phi) is 5.33. The second-order valence-electron chi connectivity index (χ2n) is 6.95. The van der Waals surface area contributed by atoms with Crippen LogP contribution in [0, 0.1) is 17.8 Å². The number of rotatable bonds is 4. The summed E-state index contributed by atoms with van der Waals surface area (Å²) in [4.78, 5) is 11.4. The smallest absolute Gasteiger partial charge is 0.334 e. The molecule has 0 aromatic carbocycles. The number of aliphatic carboxylic acids is 1. The maximum absolute atomic E-state index is 11.4. The summed E-state index contributed by atoms with van der Waals surface area (Å²) in [5, 5.41) is 48.3. The van der Waals surface area contributed by atoms with E-state index in [1.807, 2.05) is 6.92 Å². The van der Waals surface area contributed by atoms with Crippen LogP contribution >= 0.6 is 0 Å². The van der Waals surface area contributed by atoms with Crippen molar-refractivity contribution in [3.8, 4) is 0 Å². The molecule has 25 heavy (non-hydrogen) atoms. The van der Waals surface area contributed by atoms with E-state index in [1.54, 1.807) is 0 Å². The van der Waals surface area contributed by atoms with Crippen molar-refractivity contribution < 1.29 is 44.5 Å². The summed E-state index contributed by atoms with van der Waals surface area (Å²) in [5.74, 6) is -1.35. The number of carbonyl (C=O) groups is 1. The van der Waals surface area contributed by atoms with Gasteiger partial charge in [0.2, 0.25) is 6.29 Å². The lowest BCUT2D eigenvalue weighted by molar-refractivity contribution is -0.342. The first-order valence-corrected chi connectivity index (χ1v) is 8.40. The summed E-state index contributed by atoms with van der Waals surface area (Å²) >= 11 is 0. The van der Waals surface area contributed by atoms with Gasteiger partial charge in [0.05, 0.1) is 18.4 Å². The molecular formula is C16H24O9. The van der Waals surface area contributed by atoms with Gasteiger partial charge in [-0.1, -0.05) is 6.92 Å². The van der Waals surface area contributed by atoms with Gasteiger partial charge in [0.1, 0.15) is 24.4 Å². The normalized spacial score (nSPS) is 46.9. The van der Waals surface area contributed by atoms with Crippen LogP contribution in [0.25, 0.3) is 0 Å². The summed E-state index contributed by atoms with van der Waals surface area (Å²) in [6.45, 7) is 1.42. The SMILES string of the molecule is C[C@@H]1CC[C@@H]2C(C(=O)O)=CO[C@@H](O[C@H]3O[C@H](CO)[C@@H](O)[C@H](O)[C@H]3O)[C@H]12. The van der Waals surface area contributed by atoms with Gasteiger partial charge in [-0.2, -0.15) is 0 Å². The molecule has 2 aliphatic heterocycles. The third kappa shape index (κ3) is 3.27. The maximum atomic E-state index is 11.4. The Hall–Kier alpha value is -1.23. The highest BCUT2D eigenvalue weighted by atomic mass is 16.8. The van der Waals surface area contributed by atoms with E-state index in [0.29, 0.717) is 6.42 Å². The van der Waals surface area contributed by atoms with Gasteiger partial charge >= 0.3 is 5.97 Å². The maximum Gasteiger partial charge on any atom is 0.334 e. The first kappa shape index (κ1) is 18.6. The number of carboxylic acid groups (broad SMARTS) is 1. The van der Waals surface area contributed by atoms with Crippen molar-refractivity contribution in [3.63, 3.8) is 0 Å². The van der Waals surface area contributed by atoms with Gasteiger partial charge in [0.15, 0.2) is 6.29 Å². The van der Waals surface area contributed by atoms with Crippen LogP contribution in [0.4, 0.5) is 0 Å². The predicted octanol–water partition coefficient (Wildman–Crippen LogP) is -1.21. The molecule has 1 saturated carbocycles. The minimum Gasteiger partial charge on any atom is -0.478 e. The molecule has 142 valence electrons. The second kappa shape index (κ2) is 7.18. The van der Waals surface area contributed by atoms with Crippen molar-refractivity contribution in [2.75, 3.05) is 6.61 Å². The number of hydrogen-bond donors (Lipinski definition) is 5. The molecule has 3 rings (SSSR count). The highest BCUT2D eigenvalue weighted by molar-refractivity contribution is 5.87. The number of ether oxygens (including phenoxy) is 3. The standard InChI is InChI=1S/C16H24O9/c1-6-2-3-7-8(14(21)22)5-23-15(10(6)7)25-16-13(20)12(19)11(18)9(4-17)24-16/h5-7,9-13,15-20H,2-4H2,1H3,(H,21,22)/t6-,7-,9-,10-,11-,12+,13-,15+,16-/m1/s1. The fourth-order valence-corrected chi connectivity index (χ4v) is 4.01. The van der Waals surface area contributed by atoms with Crippen molar-refractivity contribution in [3.05, 3.63) is 11.8 Å². The van der Waals surface area contributed by atoms with Crippen LogP contribution in [-0.2, 0) is 19.0 Å². The van der Waals surface area contributed by atoms with Gasteiger partial charge in [0.25, 0.3) is 0 Å². The lowest BCUT2D eigenvalue weighted by atomic mass is 9.83. The van der Waals surface area contributed by atoms with E-state index in [-0.39, 0.29) is 23.3 Å². The fourth-order valence-electron chi connectivity index (χ4n) is 4.01. The van der Waals surface area contributed by atoms with Gasteiger partial charge in [-0.25, -0.2) is 4.79 Å². The van der Waals surface area contributed by atoms with Gasteiger partial charge in [-0.05, 0) is 18.8 Å². The van der Waals surface area contributed by atoms with E-state index in [9.17, 15) is 30.3 Å². The van der Waals surface area contributed by atoms with Crippen molar-refractivity contribution in [1.82, 2.24) is 0 Å². The van der Waals surface area contributed by atoms with E-state index in [1.165, 1.54) is 0 Å². The molecule has 0 spiro atoms. The molecule has 9 atom stereocenters. The molecule has 0 aromatic heterocycles. The third-order valence-electron chi connectivity index (χ3n) is 5.46. The zero-order valence-corrected chi connectivity index (χ0v) is 13.8. The molecule has 0 amide bonds. The van der Waals surface area contributed by atoms with Crippen LogP contribution in [0.5, 0.6) is 0 Å². The van der Waals surface area contributed by atoms with Gasteiger partial charge in [0, 0.05) is 11.8 Å². The van der Waals surface area contributed by atoms with Crippen LogP contribution in [0.3, 0.4) is 0 Å². The van der Waals surface area contributed by atoms with E-state index >= 15 is 0 Å². The van der Waals surface area contributed by atoms with Crippen molar-refractivity contribution in [2.45, 2.75) is 56.8 Å². The highest BCUT2D eigenvalue weighted by Gasteiger charge is 2.50. The Morgan fingerprint density at radius 1 is 1.20 bits per heavy atom. The summed E-state index contributed by atoms with van der Waals surface area (Å²) in [7, 11) is 0. The molecule has 2 fully saturated rings. The number of aliphatic hydroxyl groups is 4. The Labute approximate surface area is 144 Å². The predicted molar refractivity (Wildman–Crippen MR) is 80.8 cm³/mol. The Morgan fingerprint density at radius 3 is 2.56 bits per heavy atom. The van der Waals surface area contributed by atoms with E-state index in [4.69, 9.17) is 14.2 Å². The molecule has 1 aliphatic carbocycles. The molecule has 9 nitrogen and oxygen atoms in total. The van der Waals surface area contributed by atoms with E-state index in [0.717, 1.165) is 12.7 Å². The number of aliphatic hydroxyl groups excluding tert-OH is 4. The molecule has 5 N–H and O–H groups in total. The zero-order valence-electron chi connectivity index (χ0n) is 13.8. The largest absolute Gasteiger partial charge is 0.478 e. The highest BCUT2D eigenvalue weighted by Crippen LogP contribution is 2.47. The average Bonchev–Trinajstić information content (AvgIpc) is 2.97. The lowest BCUT2D eigenvalue weighted by Gasteiger charge is -2.43. The Morgan fingerprint density at radius 2 is 1.92 bits per heavy atom. The van der Waals surface area contributed by atoms with Crippen LogP contribution in [0.2, 0.25) is 0 Å². The molecule has 2 heterocycles. The molecule has 3 aliphatic rings. The molecule has 0 aromatic rings. The van der Waals surface area contributed by atoms with Gasteiger partial charge in [-0.15, -0.1) is 0 Å². The van der Waals surface area contributed by atoms with Gasteiger partial charge in [-0.3, -0.25) is 0 Å². The quantitative estimate of drug-likeness (QED) is 0.417. The second-order valence-corrected chi connectivity index (χ2v) is 6.95. The van der Waals surface area contributed by atoms with Crippen LogP contribution in [-0.4, -0.2) is 75.1 Å². The lowest BCUT2D eigenvalue weighted by Crippen LogP contribution is -2.60. The van der Waals surface area contributed by atoms with Crippen LogP contribution < -0.4 is 0 Å². The number of carboxylic acids is 1. The number of hydrogen-bond acceptors (Lipinski definition) is 8. The Balaban J connectivity index is 1.77. The van der Waals surface area contributed by atoms with Crippen molar-refractivity contribution in [1.29, 1.82) is 0 Å². The molecule has 0 radical (unpaired) electrons. The molecule has 9 heteroatoms. The van der Waals surface area contributed by atoms with E-state index < -0.39 is 49.6 Å². The zero-order chi connectivity index (χ0) is 18.3. The van der Waals surface area contributed by atoms with E-state index in [2.05, 4.69) is 0 Å². The molecule has 0 unspecified atom stereocenters. The summed E-state index contributed by atoms with van der Waals surface area (Å²) in [5.41, 5.74) is 0.197. The first-order chi connectivity index (χ1) is 11.8. The summed E-state index contributed by atoms with van der Waals surface area (Å²) in [6, 6.07) is 0. The minimum absolute atomic E-state index is 0.142. The summed E-state index contributed by atoms with van der Waals surface area (Å²) < 4.78 is 16.5. The van der Waals surface area contributed by atoms with Crippen LogP contribution in [0.15, 0.2) is 11.8 Å². The third-order valence-corrected chi connectivity index (χ3v) is 5.46. The number of fused-ring (bicyclic) bond motifs is 1. The Bertz CT molecular complexity index is 534. The van der Waals surface area contributed by atoms with Crippen LogP contribution in [0.1, 0.15) is 19.8 Å². The average molecular weight is 360 g/mol. The monoisotopic (exact) mass is 360 g/mol. The molecule has 0 bridgehead atoms. The molecular weight excluding hydrogens is 336 g/mol. The topological polar surface area (TPSA) is 146 Å². The first-order valence-electron chi connectivity index (χ1n) is 8.40. The fraction of sp³-hybridized carbons (Fsp3) is 0.812. The van der Waals surface area contributed by atoms with Crippen molar-refractivity contribution in [2.24, 2.45) is 17.8 Å². The van der Waals surface area contributed by atoms with Gasteiger partial charge < -0.3 is 39.7 Å². The van der Waals surface area contributed by atoms with Crippen molar-refractivity contribution >= 4 is 5.97 Å².